The Balaban J connectivity index is 1.32. The van der Waals surface area contributed by atoms with E-state index in [4.69, 9.17) is 14.7 Å². The molecule has 5 heterocycles. The molecule has 10 nitrogen and oxygen atoms in total. The number of likely N-dealkylation sites (tertiary alicyclic amines) is 1. The highest BCUT2D eigenvalue weighted by Gasteiger charge is 2.27. The van der Waals surface area contributed by atoms with Gasteiger partial charge in [-0.05, 0) is 24.5 Å². The second kappa shape index (κ2) is 10.1. The molecule has 10 heteroatoms. The van der Waals surface area contributed by atoms with Crippen LogP contribution >= 0.6 is 0 Å². The van der Waals surface area contributed by atoms with Crippen molar-refractivity contribution in [1.82, 2.24) is 34.8 Å². The Bertz CT molecular complexity index is 1340. The maximum Gasteiger partial charge on any atom is 0.184 e. The molecule has 4 aromatic rings. The van der Waals surface area contributed by atoms with Gasteiger partial charge in [-0.3, -0.25) is 14.7 Å². The van der Waals surface area contributed by atoms with Gasteiger partial charge in [0.1, 0.15) is 0 Å². The molecule has 0 atom stereocenters. The molecule has 2 aliphatic heterocycles. The van der Waals surface area contributed by atoms with Crippen LogP contribution in [0.25, 0.3) is 22.6 Å². The maximum absolute atomic E-state index is 11.3. The Morgan fingerprint density at radius 3 is 2.58 bits per heavy atom. The molecule has 2 saturated heterocycles. The van der Waals surface area contributed by atoms with Crippen LogP contribution in [0.4, 0.5) is 5.82 Å². The van der Waals surface area contributed by atoms with Crippen molar-refractivity contribution in [2.24, 2.45) is 0 Å². The third kappa shape index (κ3) is 4.57. The minimum Gasteiger partial charge on any atom is -0.378 e. The van der Waals surface area contributed by atoms with Crippen molar-refractivity contribution in [3.8, 4) is 11.4 Å². The SMILES string of the molecule is O=Cc1cncc(-c2nc(N3CCOCC3)c3nnn(C4CCN(Cc5ccccc5)CC4)c3n2)c1. The molecule has 1 aromatic carbocycles. The highest BCUT2D eigenvalue weighted by atomic mass is 16.5. The van der Waals surface area contributed by atoms with Gasteiger partial charge in [-0.15, -0.1) is 5.10 Å². The summed E-state index contributed by atoms with van der Waals surface area (Å²) >= 11 is 0. The Hall–Kier alpha value is -3.76. The van der Waals surface area contributed by atoms with E-state index in [0.29, 0.717) is 35.7 Å². The normalized spacial score (nSPS) is 17.5. The Labute approximate surface area is 208 Å². The molecule has 2 aliphatic rings. The number of morpholine rings is 1. The van der Waals surface area contributed by atoms with Gasteiger partial charge in [0, 0.05) is 56.2 Å². The van der Waals surface area contributed by atoms with Crippen molar-refractivity contribution >= 4 is 23.3 Å². The first kappa shape index (κ1) is 22.7. The first-order valence-electron chi connectivity index (χ1n) is 12.4. The van der Waals surface area contributed by atoms with E-state index in [1.165, 1.54) is 11.8 Å². The van der Waals surface area contributed by atoms with Crippen LogP contribution in [0.5, 0.6) is 0 Å². The number of fused-ring (bicyclic) bond motifs is 1. The Morgan fingerprint density at radius 1 is 1.00 bits per heavy atom. The molecule has 184 valence electrons. The summed E-state index contributed by atoms with van der Waals surface area (Å²) in [5.74, 6) is 1.27. The number of carbonyl (C=O) groups excluding carboxylic acids is 1. The third-order valence-electron chi connectivity index (χ3n) is 6.92. The lowest BCUT2D eigenvalue weighted by atomic mass is 10.0. The van der Waals surface area contributed by atoms with E-state index < -0.39 is 0 Å². The second-order valence-electron chi connectivity index (χ2n) is 9.29. The number of hydrogen-bond donors (Lipinski definition) is 0. The molecule has 36 heavy (non-hydrogen) atoms. The molecule has 6 rings (SSSR count). The van der Waals surface area contributed by atoms with Crippen LogP contribution in [-0.2, 0) is 11.3 Å². The Kier molecular flexibility index (Phi) is 6.35. The summed E-state index contributed by atoms with van der Waals surface area (Å²) in [6, 6.07) is 12.6. The van der Waals surface area contributed by atoms with Crippen LogP contribution in [0.3, 0.4) is 0 Å². The van der Waals surface area contributed by atoms with Gasteiger partial charge in [0.25, 0.3) is 0 Å². The van der Waals surface area contributed by atoms with Crippen molar-refractivity contribution < 1.29 is 9.53 Å². The fourth-order valence-corrected chi connectivity index (χ4v) is 4.99. The van der Waals surface area contributed by atoms with Crippen LogP contribution < -0.4 is 4.90 Å². The number of aromatic nitrogens is 6. The molecule has 0 radical (unpaired) electrons. The molecular weight excluding hydrogens is 456 g/mol. The van der Waals surface area contributed by atoms with Crippen molar-refractivity contribution in [2.75, 3.05) is 44.3 Å². The van der Waals surface area contributed by atoms with Crippen LogP contribution in [0, 0.1) is 0 Å². The van der Waals surface area contributed by atoms with E-state index in [1.54, 1.807) is 12.3 Å². The summed E-state index contributed by atoms with van der Waals surface area (Å²) < 4.78 is 7.53. The van der Waals surface area contributed by atoms with E-state index in [1.807, 2.05) is 4.68 Å². The largest absolute Gasteiger partial charge is 0.378 e. The van der Waals surface area contributed by atoms with Gasteiger partial charge in [0.05, 0.1) is 19.3 Å². The predicted octanol–water partition coefficient (Wildman–Crippen LogP) is 2.77. The zero-order valence-electron chi connectivity index (χ0n) is 20.0. The summed E-state index contributed by atoms with van der Waals surface area (Å²) in [5.41, 5.74) is 3.94. The average molecular weight is 485 g/mol. The molecule has 0 bridgehead atoms. The van der Waals surface area contributed by atoms with Gasteiger partial charge in [-0.2, -0.15) is 0 Å². The number of ether oxygens (including phenoxy) is 1. The number of aldehydes is 1. The molecule has 0 spiro atoms. The molecule has 0 N–H and O–H groups in total. The smallest absolute Gasteiger partial charge is 0.184 e. The molecular formula is C26H28N8O2. The number of nitrogens with zero attached hydrogens (tertiary/aromatic N) is 8. The zero-order chi connectivity index (χ0) is 24.3. The summed E-state index contributed by atoms with van der Waals surface area (Å²) in [6.07, 6.45) is 5.95. The molecule has 3 aromatic heterocycles. The van der Waals surface area contributed by atoms with E-state index in [0.717, 1.165) is 63.3 Å². The first-order valence-corrected chi connectivity index (χ1v) is 12.4. The highest BCUT2D eigenvalue weighted by molar-refractivity contribution is 5.85. The predicted molar refractivity (Wildman–Crippen MR) is 135 cm³/mol. The summed E-state index contributed by atoms with van der Waals surface area (Å²) in [7, 11) is 0. The minimum absolute atomic E-state index is 0.210. The van der Waals surface area contributed by atoms with Gasteiger partial charge in [-0.1, -0.05) is 35.5 Å². The molecule has 2 fully saturated rings. The van der Waals surface area contributed by atoms with Gasteiger partial charge in [0.15, 0.2) is 29.1 Å². The van der Waals surface area contributed by atoms with Gasteiger partial charge in [-0.25, -0.2) is 14.6 Å². The minimum atomic E-state index is 0.210. The number of hydrogen-bond acceptors (Lipinski definition) is 9. The topological polar surface area (TPSA) is 102 Å². The lowest BCUT2D eigenvalue weighted by Crippen LogP contribution is -2.37. The van der Waals surface area contributed by atoms with Crippen molar-refractivity contribution in [2.45, 2.75) is 25.4 Å². The summed E-state index contributed by atoms with van der Waals surface area (Å²) in [4.78, 5) is 30.0. The highest BCUT2D eigenvalue weighted by Crippen LogP contribution is 2.31. The maximum atomic E-state index is 11.3. The first-order chi connectivity index (χ1) is 17.8. The van der Waals surface area contributed by atoms with E-state index in [-0.39, 0.29) is 6.04 Å². The lowest BCUT2D eigenvalue weighted by molar-refractivity contribution is 0.112. The third-order valence-corrected chi connectivity index (χ3v) is 6.92. The monoisotopic (exact) mass is 484 g/mol. The van der Waals surface area contributed by atoms with Crippen molar-refractivity contribution in [3.63, 3.8) is 0 Å². The second-order valence-corrected chi connectivity index (χ2v) is 9.29. The van der Waals surface area contributed by atoms with E-state index in [2.05, 4.69) is 55.4 Å². The number of piperidine rings is 1. The fraction of sp³-hybridized carbons (Fsp3) is 0.385. The fourth-order valence-electron chi connectivity index (χ4n) is 4.99. The van der Waals surface area contributed by atoms with Crippen LogP contribution in [0.2, 0.25) is 0 Å². The average Bonchev–Trinajstić information content (AvgIpc) is 3.38. The zero-order valence-corrected chi connectivity index (χ0v) is 20.0. The van der Waals surface area contributed by atoms with Crippen LogP contribution in [-0.4, -0.2) is 80.5 Å². The molecule has 0 aliphatic carbocycles. The van der Waals surface area contributed by atoms with Crippen molar-refractivity contribution in [3.05, 3.63) is 59.9 Å². The number of pyridine rings is 1. The van der Waals surface area contributed by atoms with E-state index >= 15 is 0 Å². The number of rotatable bonds is 6. The lowest BCUT2D eigenvalue weighted by Gasteiger charge is -2.32. The number of benzene rings is 1. The van der Waals surface area contributed by atoms with Gasteiger partial charge >= 0.3 is 0 Å². The quantitative estimate of drug-likeness (QED) is 0.382. The van der Waals surface area contributed by atoms with Crippen LogP contribution in [0.1, 0.15) is 34.8 Å². The standard InChI is InChI=1S/C26H28N8O2/c35-18-20-14-21(16-27-15-20)24-28-25(33-10-12-36-13-11-33)23-26(29-24)34(31-30-23)22-6-8-32(9-7-22)17-19-4-2-1-3-5-19/h1-5,14-16,18,22H,6-13,17H2. The summed E-state index contributed by atoms with van der Waals surface area (Å²) in [5, 5.41) is 9.11. The van der Waals surface area contributed by atoms with E-state index in [9.17, 15) is 4.79 Å². The Morgan fingerprint density at radius 2 is 1.81 bits per heavy atom. The van der Waals surface area contributed by atoms with Gasteiger partial charge < -0.3 is 9.64 Å². The summed E-state index contributed by atoms with van der Waals surface area (Å²) in [6.45, 7) is 5.65. The number of carbonyl (C=O) groups is 1. The number of anilines is 1. The van der Waals surface area contributed by atoms with Crippen LogP contribution in [0.15, 0.2) is 48.8 Å². The van der Waals surface area contributed by atoms with Gasteiger partial charge in [0.2, 0.25) is 0 Å². The molecule has 0 saturated carbocycles. The van der Waals surface area contributed by atoms with Crippen molar-refractivity contribution in [1.29, 1.82) is 0 Å². The molecule has 0 unspecified atom stereocenters. The molecule has 0 amide bonds.